The molecule has 3 nitrogen and oxygen atoms in total. The molecular weight excluding hydrogens is 727 g/mol. The smallest absolute Gasteiger partial charge is 0.160 e. The summed E-state index contributed by atoms with van der Waals surface area (Å²) in [5.41, 5.74) is 14.9. The van der Waals surface area contributed by atoms with E-state index in [4.69, 9.17) is 15.0 Å². The van der Waals surface area contributed by atoms with Gasteiger partial charge in [-0.05, 0) is 56.3 Å². The van der Waals surface area contributed by atoms with Gasteiger partial charge in [-0.15, -0.1) is 0 Å². The van der Waals surface area contributed by atoms with Crippen molar-refractivity contribution in [2.24, 2.45) is 0 Å². The van der Waals surface area contributed by atoms with E-state index in [1.165, 1.54) is 38.2 Å². The third kappa shape index (κ3) is 6.58. The van der Waals surface area contributed by atoms with Crippen molar-refractivity contribution in [3.63, 3.8) is 0 Å². The molecule has 0 unspecified atom stereocenters. The van der Waals surface area contributed by atoms with E-state index >= 15 is 0 Å². The van der Waals surface area contributed by atoms with Gasteiger partial charge in [-0.2, -0.15) is 0 Å². The van der Waals surface area contributed by atoms with Crippen LogP contribution in [-0.2, 0) is 0 Å². The Kier molecular flexibility index (Phi) is 8.83. The molecule has 3 heteroatoms. The van der Waals surface area contributed by atoms with E-state index in [0.29, 0.717) is 5.82 Å². The van der Waals surface area contributed by atoms with Crippen LogP contribution >= 0.6 is 0 Å². The normalized spacial score (nSPS) is 11.3. The minimum atomic E-state index is 0.691. The maximum absolute atomic E-state index is 5.21. The number of hydrogen-bond donors (Lipinski definition) is 0. The molecule has 0 fully saturated rings. The van der Waals surface area contributed by atoms with Gasteiger partial charge in [0.25, 0.3) is 0 Å². The van der Waals surface area contributed by atoms with E-state index in [-0.39, 0.29) is 0 Å². The van der Waals surface area contributed by atoms with Crippen LogP contribution in [0.2, 0.25) is 0 Å². The molecule has 0 N–H and O–H groups in total. The molecule has 0 bridgehead atoms. The number of para-hydroxylation sites is 1. The quantitative estimate of drug-likeness (QED) is 0.152. The van der Waals surface area contributed by atoms with Gasteiger partial charge in [-0.3, -0.25) is 0 Å². The second kappa shape index (κ2) is 15.1. The molecule has 280 valence electrons. The minimum Gasteiger partial charge on any atom is -0.247 e. The van der Waals surface area contributed by atoms with Gasteiger partial charge in [-0.1, -0.05) is 212 Å². The lowest BCUT2D eigenvalue weighted by Crippen LogP contribution is -1.96. The summed E-state index contributed by atoms with van der Waals surface area (Å²) >= 11 is 0. The number of nitrogens with zero attached hydrogens (tertiary/aromatic N) is 3. The van der Waals surface area contributed by atoms with Crippen molar-refractivity contribution in [2.45, 2.75) is 0 Å². The highest BCUT2D eigenvalue weighted by Crippen LogP contribution is 2.38. The van der Waals surface area contributed by atoms with Gasteiger partial charge in [0.05, 0.1) is 22.6 Å². The van der Waals surface area contributed by atoms with Gasteiger partial charge in [0.1, 0.15) is 0 Å². The first-order valence-corrected chi connectivity index (χ1v) is 20.3. The number of aromatic nitrogens is 3. The first-order chi connectivity index (χ1) is 29.7. The summed E-state index contributed by atoms with van der Waals surface area (Å²) in [5.74, 6) is 0.691. The molecule has 11 rings (SSSR count). The molecule has 11 aromatic rings. The molecule has 0 spiro atoms. The lowest BCUT2D eigenvalue weighted by molar-refractivity contribution is 1.18. The third-order valence-electron chi connectivity index (χ3n) is 11.5. The molecule has 9 aromatic carbocycles. The zero-order valence-corrected chi connectivity index (χ0v) is 32.7. The van der Waals surface area contributed by atoms with E-state index in [1.54, 1.807) is 0 Å². The summed E-state index contributed by atoms with van der Waals surface area (Å²) in [5, 5.41) is 6.06. The second-order valence-electron chi connectivity index (χ2n) is 15.2. The second-order valence-corrected chi connectivity index (χ2v) is 15.2. The van der Waals surface area contributed by atoms with E-state index < -0.39 is 0 Å². The Hall–Kier alpha value is -8.01. The Labute approximate surface area is 349 Å². The van der Waals surface area contributed by atoms with Gasteiger partial charge in [-0.25, -0.2) is 15.0 Å². The van der Waals surface area contributed by atoms with Crippen LogP contribution in [0.25, 0.3) is 111 Å². The molecular formula is C57H37N3. The fourth-order valence-electron chi connectivity index (χ4n) is 8.37. The molecule has 0 saturated heterocycles. The first-order valence-electron chi connectivity index (χ1n) is 20.3. The van der Waals surface area contributed by atoms with Crippen molar-refractivity contribution in [3.8, 4) is 78.5 Å². The first kappa shape index (κ1) is 35.2. The molecule has 0 aliphatic heterocycles. The molecule has 0 aliphatic rings. The number of pyridine rings is 1. The minimum absolute atomic E-state index is 0.691. The van der Waals surface area contributed by atoms with Crippen LogP contribution < -0.4 is 0 Å². The van der Waals surface area contributed by atoms with Crippen LogP contribution in [-0.4, -0.2) is 15.0 Å². The van der Waals surface area contributed by atoms with Gasteiger partial charge >= 0.3 is 0 Å². The third-order valence-corrected chi connectivity index (χ3v) is 11.5. The van der Waals surface area contributed by atoms with E-state index in [9.17, 15) is 0 Å². The van der Waals surface area contributed by atoms with Crippen molar-refractivity contribution in [3.05, 3.63) is 224 Å². The van der Waals surface area contributed by atoms with Gasteiger partial charge in [0, 0.05) is 38.4 Å². The molecule has 60 heavy (non-hydrogen) atoms. The van der Waals surface area contributed by atoms with Crippen molar-refractivity contribution < 1.29 is 0 Å². The molecule has 0 aliphatic carbocycles. The van der Waals surface area contributed by atoms with Crippen LogP contribution in [0.3, 0.4) is 0 Å². The Morgan fingerprint density at radius 1 is 0.250 bits per heavy atom. The maximum Gasteiger partial charge on any atom is 0.160 e. The van der Waals surface area contributed by atoms with Crippen LogP contribution in [0.1, 0.15) is 0 Å². The highest BCUT2D eigenvalue weighted by molar-refractivity contribution is 6.22. The molecule has 0 atom stereocenters. The molecule has 0 saturated carbocycles. The number of hydrogen-bond acceptors (Lipinski definition) is 3. The summed E-state index contributed by atoms with van der Waals surface area (Å²) < 4.78 is 0. The molecule has 0 radical (unpaired) electrons. The fraction of sp³-hybridized carbons (Fsp3) is 0. The zero-order valence-electron chi connectivity index (χ0n) is 32.7. The average Bonchev–Trinajstić information content (AvgIpc) is 3.34. The summed E-state index contributed by atoms with van der Waals surface area (Å²) in [6.07, 6.45) is 0. The molecule has 2 aromatic heterocycles. The Morgan fingerprint density at radius 2 is 0.667 bits per heavy atom. The molecule has 0 amide bonds. The lowest BCUT2D eigenvalue weighted by atomic mass is 9.94. The summed E-state index contributed by atoms with van der Waals surface area (Å²) in [6, 6.07) is 79.2. The lowest BCUT2D eigenvalue weighted by Gasteiger charge is -2.13. The van der Waals surface area contributed by atoms with E-state index in [0.717, 1.165) is 66.9 Å². The summed E-state index contributed by atoms with van der Waals surface area (Å²) in [6.45, 7) is 0. The van der Waals surface area contributed by atoms with Gasteiger partial charge < -0.3 is 0 Å². The van der Waals surface area contributed by atoms with Crippen LogP contribution in [0.4, 0.5) is 0 Å². The van der Waals surface area contributed by atoms with Crippen molar-refractivity contribution >= 4 is 32.4 Å². The van der Waals surface area contributed by atoms with Crippen LogP contribution in [0.15, 0.2) is 224 Å². The van der Waals surface area contributed by atoms with Crippen LogP contribution in [0.5, 0.6) is 0 Å². The van der Waals surface area contributed by atoms with Crippen LogP contribution in [0, 0.1) is 0 Å². The summed E-state index contributed by atoms with van der Waals surface area (Å²) in [4.78, 5) is 15.5. The Morgan fingerprint density at radius 3 is 1.22 bits per heavy atom. The van der Waals surface area contributed by atoms with Gasteiger partial charge in [0.2, 0.25) is 0 Å². The van der Waals surface area contributed by atoms with E-state index in [2.05, 4.69) is 212 Å². The largest absolute Gasteiger partial charge is 0.247 e. The SMILES string of the molecule is c1ccc(-c2ccc(-c3cc(-c4ccc(-c5ccc(-c6nc7ccccc7c7c6ccc6ccccc67)cc5)cc4)nc(-c4ccc(-c5ccccc5)cc4)n3)cc2)cc1. The predicted molar refractivity (Wildman–Crippen MR) is 250 cm³/mol. The monoisotopic (exact) mass is 763 g/mol. The van der Waals surface area contributed by atoms with Gasteiger partial charge in [0.15, 0.2) is 5.82 Å². The van der Waals surface area contributed by atoms with Crippen molar-refractivity contribution in [1.82, 2.24) is 15.0 Å². The Balaban J connectivity index is 0.938. The predicted octanol–water partition coefficient (Wildman–Crippen LogP) is 15.0. The number of rotatable bonds is 7. The fourth-order valence-corrected chi connectivity index (χ4v) is 8.37. The molecule has 2 heterocycles. The average molecular weight is 764 g/mol. The number of benzene rings is 9. The topological polar surface area (TPSA) is 38.7 Å². The summed E-state index contributed by atoms with van der Waals surface area (Å²) in [7, 11) is 0. The number of fused-ring (bicyclic) bond motifs is 5. The standard InChI is InChI=1S/C57H37N3/c1-3-11-38(12-4-1)40-19-27-45(28-20-40)53-37-54(60-57(59-53)48-33-25-41(26-34-48)39-13-5-2-6-14-39)46-29-21-42(22-30-46)43-23-31-47(32-24-43)56-51-36-35-44-15-7-8-16-49(44)55(51)50-17-9-10-18-52(50)58-56/h1-37H. The van der Waals surface area contributed by atoms with Crippen molar-refractivity contribution in [1.29, 1.82) is 0 Å². The highest BCUT2D eigenvalue weighted by atomic mass is 14.9. The Bertz CT molecular complexity index is 3190. The maximum atomic E-state index is 5.21. The van der Waals surface area contributed by atoms with E-state index in [1.807, 2.05) is 12.1 Å². The highest BCUT2D eigenvalue weighted by Gasteiger charge is 2.15. The zero-order chi connectivity index (χ0) is 39.8. The van der Waals surface area contributed by atoms with Crippen molar-refractivity contribution in [2.75, 3.05) is 0 Å².